The van der Waals surface area contributed by atoms with E-state index in [0.29, 0.717) is 4.88 Å². The van der Waals surface area contributed by atoms with Gasteiger partial charge >= 0.3 is 5.97 Å². The quantitative estimate of drug-likeness (QED) is 0.553. The maximum absolute atomic E-state index is 13.1. The molecule has 0 aliphatic heterocycles. The smallest absolute Gasteiger partial charge is 0.333 e. The molecule has 1 aromatic heterocycles. The topological polar surface area (TPSA) is 26.3 Å². The molecule has 0 bridgehead atoms. The van der Waals surface area contributed by atoms with Gasteiger partial charge in [0, 0.05) is 0 Å². The van der Waals surface area contributed by atoms with Gasteiger partial charge in [-0.3, -0.25) is 0 Å². The molecule has 1 rings (SSSR count). The molecule has 0 fully saturated rings. The lowest BCUT2D eigenvalue weighted by Gasteiger charge is -1.95. The van der Waals surface area contributed by atoms with E-state index in [-0.39, 0.29) is 6.61 Å². The highest BCUT2D eigenvalue weighted by Gasteiger charge is 2.04. The predicted molar refractivity (Wildman–Crippen MR) is 50.0 cm³/mol. The second-order valence-electron chi connectivity index (χ2n) is 2.22. The van der Waals surface area contributed by atoms with Crippen LogP contribution in [0.1, 0.15) is 11.8 Å². The van der Waals surface area contributed by atoms with Gasteiger partial charge in [-0.05, 0) is 18.4 Å². The van der Waals surface area contributed by atoms with Crippen LogP contribution in [0, 0.1) is 0 Å². The van der Waals surface area contributed by atoms with Crippen LogP contribution in [0.25, 0.3) is 5.83 Å². The van der Waals surface area contributed by atoms with E-state index < -0.39 is 11.8 Å². The number of carbonyl (C=O) groups is 1. The first-order valence-electron chi connectivity index (χ1n) is 3.82. The zero-order chi connectivity index (χ0) is 9.68. The molecular weight excluding hydrogens is 191 g/mol. The average Bonchev–Trinajstić information content (AvgIpc) is 2.55. The number of carbonyl (C=O) groups excluding carboxylic acids is 1. The molecule has 0 N–H and O–H groups in total. The van der Waals surface area contributed by atoms with Crippen molar-refractivity contribution in [3.8, 4) is 0 Å². The van der Waals surface area contributed by atoms with E-state index in [4.69, 9.17) is 0 Å². The van der Waals surface area contributed by atoms with Crippen LogP contribution in [0.5, 0.6) is 0 Å². The maximum Gasteiger partial charge on any atom is 0.333 e. The van der Waals surface area contributed by atoms with Crippen LogP contribution in [0.3, 0.4) is 0 Å². The Hall–Kier alpha value is -1.16. The molecule has 0 aliphatic rings. The summed E-state index contributed by atoms with van der Waals surface area (Å²) in [6, 6.07) is 3.33. The summed E-state index contributed by atoms with van der Waals surface area (Å²) in [7, 11) is 0. The van der Waals surface area contributed by atoms with Crippen molar-refractivity contribution in [2.75, 3.05) is 6.61 Å². The van der Waals surface area contributed by atoms with E-state index in [2.05, 4.69) is 4.74 Å². The maximum atomic E-state index is 13.1. The second-order valence-corrected chi connectivity index (χ2v) is 3.17. The monoisotopic (exact) mass is 200 g/mol. The van der Waals surface area contributed by atoms with Gasteiger partial charge in [-0.15, -0.1) is 11.3 Å². The zero-order valence-corrected chi connectivity index (χ0v) is 7.94. The Balaban J connectivity index is 2.67. The van der Waals surface area contributed by atoms with Crippen LogP contribution < -0.4 is 0 Å². The molecule has 0 unspecified atom stereocenters. The summed E-state index contributed by atoms with van der Waals surface area (Å²) in [5, 5.41) is 1.74. The van der Waals surface area contributed by atoms with Gasteiger partial charge in [0.25, 0.3) is 0 Å². The minimum absolute atomic E-state index is 0.257. The van der Waals surface area contributed by atoms with Gasteiger partial charge in [-0.2, -0.15) is 0 Å². The highest BCUT2D eigenvalue weighted by atomic mass is 32.1. The summed E-state index contributed by atoms with van der Waals surface area (Å²) in [6.07, 6.45) is 0.856. The van der Waals surface area contributed by atoms with Crippen LogP contribution in [-0.2, 0) is 9.53 Å². The van der Waals surface area contributed by atoms with Gasteiger partial charge in [0.2, 0.25) is 0 Å². The molecule has 0 saturated carbocycles. The van der Waals surface area contributed by atoms with E-state index in [9.17, 15) is 9.18 Å². The molecule has 4 heteroatoms. The molecule has 0 saturated heterocycles. The third-order valence-corrected chi connectivity index (χ3v) is 2.17. The summed E-state index contributed by atoms with van der Waals surface area (Å²) in [5.41, 5.74) is 0. The Bertz CT molecular complexity index is 303. The second kappa shape index (κ2) is 4.77. The van der Waals surface area contributed by atoms with E-state index >= 15 is 0 Å². The number of halogens is 1. The molecule has 0 amide bonds. The van der Waals surface area contributed by atoms with E-state index in [1.165, 1.54) is 11.3 Å². The molecular formula is C9H9FO2S. The molecule has 0 radical (unpaired) electrons. The molecule has 2 nitrogen and oxygen atoms in total. The van der Waals surface area contributed by atoms with E-state index in [0.717, 1.165) is 6.08 Å². The Morgan fingerprint density at radius 3 is 3.08 bits per heavy atom. The Kier molecular flexibility index (Phi) is 3.64. The summed E-state index contributed by atoms with van der Waals surface area (Å²) in [6.45, 7) is 1.93. The normalized spacial score (nSPS) is 11.4. The van der Waals surface area contributed by atoms with Crippen molar-refractivity contribution >= 4 is 23.1 Å². The third-order valence-electron chi connectivity index (χ3n) is 1.29. The van der Waals surface area contributed by atoms with Gasteiger partial charge in [-0.1, -0.05) is 6.07 Å². The van der Waals surface area contributed by atoms with Gasteiger partial charge in [-0.25, -0.2) is 9.18 Å². The fourth-order valence-electron chi connectivity index (χ4n) is 0.773. The third kappa shape index (κ3) is 2.99. The highest BCUT2D eigenvalue weighted by molar-refractivity contribution is 7.11. The molecule has 0 aromatic carbocycles. The number of hydrogen-bond acceptors (Lipinski definition) is 3. The molecule has 0 atom stereocenters. The van der Waals surface area contributed by atoms with Crippen molar-refractivity contribution in [1.82, 2.24) is 0 Å². The molecule has 70 valence electrons. The molecule has 1 heterocycles. The van der Waals surface area contributed by atoms with Gasteiger partial charge < -0.3 is 4.74 Å². The lowest BCUT2D eigenvalue weighted by molar-refractivity contribution is -0.137. The van der Waals surface area contributed by atoms with Crippen molar-refractivity contribution in [2.24, 2.45) is 0 Å². The van der Waals surface area contributed by atoms with Crippen molar-refractivity contribution in [3.05, 3.63) is 28.5 Å². The number of ether oxygens (including phenoxy) is 1. The zero-order valence-electron chi connectivity index (χ0n) is 7.12. The first kappa shape index (κ1) is 9.92. The van der Waals surface area contributed by atoms with Crippen LogP contribution in [-0.4, -0.2) is 12.6 Å². The predicted octanol–water partition coefficient (Wildman–Crippen LogP) is 2.62. The van der Waals surface area contributed by atoms with Gasteiger partial charge in [0.05, 0.1) is 17.6 Å². The lowest BCUT2D eigenvalue weighted by Crippen LogP contribution is -1.99. The Morgan fingerprint density at radius 2 is 2.54 bits per heavy atom. The molecule has 13 heavy (non-hydrogen) atoms. The highest BCUT2D eigenvalue weighted by Crippen LogP contribution is 2.20. The molecule has 0 aliphatic carbocycles. The summed E-state index contributed by atoms with van der Waals surface area (Å²) in [4.78, 5) is 11.3. The fourth-order valence-corrected chi connectivity index (χ4v) is 1.41. The Labute approximate surface area is 79.6 Å². The van der Waals surface area contributed by atoms with Crippen molar-refractivity contribution in [3.63, 3.8) is 0 Å². The minimum Gasteiger partial charge on any atom is -0.463 e. The number of thiophene rings is 1. The van der Waals surface area contributed by atoms with Crippen LogP contribution in [0.4, 0.5) is 4.39 Å². The van der Waals surface area contributed by atoms with Crippen LogP contribution >= 0.6 is 11.3 Å². The van der Waals surface area contributed by atoms with Crippen LogP contribution in [0.15, 0.2) is 23.6 Å². The number of rotatable bonds is 3. The fraction of sp³-hybridized carbons (Fsp3) is 0.222. The average molecular weight is 200 g/mol. The molecule has 0 spiro atoms. The minimum atomic E-state index is -0.645. The van der Waals surface area contributed by atoms with Crippen molar-refractivity contribution in [2.45, 2.75) is 6.92 Å². The standard InChI is InChI=1S/C9H9FO2S/c1-2-12-9(11)6-7(10)8-4-3-5-13-8/h3-6H,2H2,1H3/b7-6-. The summed E-state index contributed by atoms with van der Waals surface area (Å²) < 4.78 is 17.7. The van der Waals surface area contributed by atoms with Crippen molar-refractivity contribution < 1.29 is 13.9 Å². The first-order chi connectivity index (χ1) is 6.24. The summed E-state index contributed by atoms with van der Waals surface area (Å²) >= 11 is 1.24. The largest absolute Gasteiger partial charge is 0.463 e. The van der Waals surface area contributed by atoms with E-state index in [1.54, 1.807) is 24.4 Å². The van der Waals surface area contributed by atoms with Crippen molar-refractivity contribution in [1.29, 1.82) is 0 Å². The lowest BCUT2D eigenvalue weighted by atomic mass is 10.4. The summed E-state index contributed by atoms with van der Waals surface area (Å²) in [5.74, 6) is -1.19. The number of esters is 1. The Morgan fingerprint density at radius 1 is 1.77 bits per heavy atom. The van der Waals surface area contributed by atoms with Crippen LogP contribution in [0.2, 0.25) is 0 Å². The molecule has 1 aromatic rings. The SMILES string of the molecule is CCOC(=O)/C=C(\F)c1cccs1. The van der Waals surface area contributed by atoms with Gasteiger partial charge in [0.1, 0.15) is 5.83 Å². The first-order valence-corrected chi connectivity index (χ1v) is 4.70. The van der Waals surface area contributed by atoms with Gasteiger partial charge in [0.15, 0.2) is 0 Å². The van der Waals surface area contributed by atoms with E-state index in [1.807, 2.05) is 0 Å². The number of hydrogen-bond donors (Lipinski definition) is 0.